The molecule has 0 amide bonds. The number of hydrogen-bond acceptors (Lipinski definition) is 1. The molecule has 0 unspecified atom stereocenters. The minimum atomic E-state index is 1.02. The Labute approximate surface area is 275 Å². The zero-order valence-electron chi connectivity index (χ0n) is 25.9. The van der Waals surface area contributed by atoms with Crippen LogP contribution in [0.2, 0.25) is 0 Å². The molecule has 0 spiro atoms. The van der Waals surface area contributed by atoms with Gasteiger partial charge in [-0.3, -0.25) is 4.98 Å². The van der Waals surface area contributed by atoms with Gasteiger partial charge in [-0.05, 0) is 75.5 Å². The number of benzene rings is 8. The highest BCUT2D eigenvalue weighted by atomic mass is 15.0. The zero-order chi connectivity index (χ0) is 31.3. The first-order valence-electron chi connectivity index (χ1n) is 16.5. The fourth-order valence-electron chi connectivity index (χ4n) is 8.12. The summed E-state index contributed by atoms with van der Waals surface area (Å²) < 4.78 is 4.77. The Bertz CT molecular complexity index is 3050. The van der Waals surface area contributed by atoms with Crippen molar-refractivity contribution in [2.24, 2.45) is 0 Å². The third-order valence-corrected chi connectivity index (χ3v) is 10.3. The van der Waals surface area contributed by atoms with Gasteiger partial charge in [0, 0.05) is 38.0 Å². The lowest BCUT2D eigenvalue weighted by atomic mass is 10.0. The lowest BCUT2D eigenvalue weighted by Crippen LogP contribution is -1.96. The largest absolute Gasteiger partial charge is 0.309 e. The SMILES string of the molecule is c1ccc2cc3c(cc2c1)c1ccccc1n3-c1cnc2c(ccc3cc(-n4c5ccccc5c5c6ccccc6ccc54)ccc32)c1. The summed E-state index contributed by atoms with van der Waals surface area (Å²) in [6, 6.07) is 57.4. The topological polar surface area (TPSA) is 22.8 Å². The van der Waals surface area contributed by atoms with Crippen molar-refractivity contribution in [3.63, 3.8) is 0 Å². The maximum Gasteiger partial charge on any atom is 0.0781 e. The van der Waals surface area contributed by atoms with Crippen molar-refractivity contribution in [3.8, 4) is 11.4 Å². The van der Waals surface area contributed by atoms with Crippen LogP contribution in [0, 0.1) is 0 Å². The third kappa shape index (κ3) is 3.50. The molecule has 0 fully saturated rings. The number of nitrogens with zero attached hydrogens (tertiary/aromatic N) is 3. The van der Waals surface area contributed by atoms with Gasteiger partial charge in [0.1, 0.15) is 0 Å². The molecule has 3 heteroatoms. The van der Waals surface area contributed by atoms with E-state index in [1.54, 1.807) is 0 Å². The van der Waals surface area contributed by atoms with E-state index in [4.69, 9.17) is 4.98 Å². The Morgan fingerprint density at radius 2 is 0.958 bits per heavy atom. The molecule has 3 aromatic heterocycles. The van der Waals surface area contributed by atoms with Crippen LogP contribution in [0.4, 0.5) is 0 Å². The Morgan fingerprint density at radius 3 is 1.81 bits per heavy atom. The Balaban J connectivity index is 1.10. The van der Waals surface area contributed by atoms with Crippen LogP contribution in [0.25, 0.3) is 98.2 Å². The molecule has 0 radical (unpaired) electrons. The number of hydrogen-bond donors (Lipinski definition) is 0. The van der Waals surface area contributed by atoms with Gasteiger partial charge in [0.25, 0.3) is 0 Å². The molecule has 3 heterocycles. The first-order chi connectivity index (χ1) is 23.8. The summed E-state index contributed by atoms with van der Waals surface area (Å²) >= 11 is 0. The Hall–Kier alpha value is -6.45. The fraction of sp³-hybridized carbons (Fsp3) is 0. The summed E-state index contributed by atoms with van der Waals surface area (Å²) in [5.41, 5.74) is 8.05. The molecule has 0 saturated carbocycles. The molecule has 3 nitrogen and oxygen atoms in total. The van der Waals surface area contributed by atoms with E-state index in [0.717, 1.165) is 27.7 Å². The molecule has 0 N–H and O–H groups in total. The highest BCUT2D eigenvalue weighted by Gasteiger charge is 2.17. The molecule has 11 aromatic rings. The standard InChI is InChI=1S/C45H27N3/c1-2-11-30-26-43-39(25-29(30)10-1)37-13-5-7-15-40(37)48(43)34-24-32-18-17-31-23-33(20-21-36(31)45(32)46-27-34)47-41-16-8-6-14-38(41)44-35-12-4-3-9-28(35)19-22-42(44)47/h1-27H. The smallest absolute Gasteiger partial charge is 0.0781 e. The minimum Gasteiger partial charge on any atom is -0.309 e. The van der Waals surface area contributed by atoms with Gasteiger partial charge >= 0.3 is 0 Å². The number of pyridine rings is 1. The summed E-state index contributed by atoms with van der Waals surface area (Å²) in [5, 5.41) is 13.6. The molecule has 0 aliphatic carbocycles. The molecule has 0 atom stereocenters. The van der Waals surface area contributed by atoms with Gasteiger partial charge in [-0.25, -0.2) is 0 Å². The van der Waals surface area contributed by atoms with E-state index in [0.29, 0.717) is 0 Å². The van der Waals surface area contributed by atoms with Crippen LogP contribution in [-0.4, -0.2) is 14.1 Å². The highest BCUT2D eigenvalue weighted by molar-refractivity contribution is 6.21. The van der Waals surface area contributed by atoms with Crippen LogP contribution in [0.5, 0.6) is 0 Å². The second kappa shape index (κ2) is 9.54. The van der Waals surface area contributed by atoms with Crippen LogP contribution >= 0.6 is 0 Å². The van der Waals surface area contributed by atoms with Crippen LogP contribution in [0.1, 0.15) is 0 Å². The van der Waals surface area contributed by atoms with Crippen molar-refractivity contribution in [2.75, 3.05) is 0 Å². The summed E-state index contributed by atoms with van der Waals surface area (Å²) in [6.07, 6.45) is 2.04. The summed E-state index contributed by atoms with van der Waals surface area (Å²) in [4.78, 5) is 5.14. The predicted molar refractivity (Wildman–Crippen MR) is 203 cm³/mol. The van der Waals surface area contributed by atoms with E-state index in [1.807, 2.05) is 6.20 Å². The van der Waals surface area contributed by atoms with Crippen LogP contribution in [0.15, 0.2) is 164 Å². The van der Waals surface area contributed by atoms with E-state index in [1.165, 1.54) is 70.5 Å². The first kappa shape index (κ1) is 25.7. The quantitative estimate of drug-likeness (QED) is 0.179. The van der Waals surface area contributed by atoms with Crippen LogP contribution in [-0.2, 0) is 0 Å². The lowest BCUT2D eigenvalue weighted by Gasteiger charge is -2.12. The number of aromatic nitrogens is 3. The maximum absolute atomic E-state index is 5.14. The second-order valence-corrected chi connectivity index (χ2v) is 12.8. The Kier molecular flexibility index (Phi) is 5.11. The highest BCUT2D eigenvalue weighted by Crippen LogP contribution is 2.39. The molecule has 0 saturated heterocycles. The van der Waals surface area contributed by atoms with Gasteiger partial charge in [-0.15, -0.1) is 0 Å². The van der Waals surface area contributed by atoms with Crippen molar-refractivity contribution < 1.29 is 0 Å². The zero-order valence-corrected chi connectivity index (χ0v) is 25.9. The molecule has 0 aliphatic rings. The van der Waals surface area contributed by atoms with E-state index >= 15 is 0 Å². The molecule has 0 aliphatic heterocycles. The number of fused-ring (bicyclic) bond motifs is 12. The first-order valence-corrected chi connectivity index (χ1v) is 16.5. The second-order valence-electron chi connectivity index (χ2n) is 12.8. The van der Waals surface area contributed by atoms with Crippen molar-refractivity contribution in [3.05, 3.63) is 164 Å². The van der Waals surface area contributed by atoms with Gasteiger partial charge in [0.2, 0.25) is 0 Å². The van der Waals surface area contributed by atoms with E-state index in [-0.39, 0.29) is 0 Å². The van der Waals surface area contributed by atoms with Gasteiger partial charge in [-0.2, -0.15) is 0 Å². The minimum absolute atomic E-state index is 1.02. The summed E-state index contributed by atoms with van der Waals surface area (Å²) in [6.45, 7) is 0. The molecule has 48 heavy (non-hydrogen) atoms. The van der Waals surface area contributed by atoms with E-state index in [9.17, 15) is 0 Å². The van der Waals surface area contributed by atoms with Crippen LogP contribution < -0.4 is 0 Å². The average Bonchev–Trinajstić information content (AvgIpc) is 3.66. The average molecular weight is 610 g/mol. The van der Waals surface area contributed by atoms with Crippen molar-refractivity contribution in [2.45, 2.75) is 0 Å². The third-order valence-electron chi connectivity index (χ3n) is 10.3. The van der Waals surface area contributed by atoms with Gasteiger partial charge < -0.3 is 9.13 Å². The molecule has 222 valence electrons. The molecular weight excluding hydrogens is 583 g/mol. The van der Waals surface area contributed by atoms with E-state index in [2.05, 4.69) is 167 Å². The van der Waals surface area contributed by atoms with Crippen LogP contribution in [0.3, 0.4) is 0 Å². The number of para-hydroxylation sites is 2. The van der Waals surface area contributed by atoms with Crippen molar-refractivity contribution in [1.82, 2.24) is 14.1 Å². The predicted octanol–water partition coefficient (Wildman–Crippen LogP) is 11.9. The van der Waals surface area contributed by atoms with Crippen molar-refractivity contribution >= 4 is 86.8 Å². The molecule has 8 aromatic carbocycles. The number of rotatable bonds is 2. The molecular formula is C45H27N3. The van der Waals surface area contributed by atoms with Gasteiger partial charge in [-0.1, -0.05) is 109 Å². The summed E-state index contributed by atoms with van der Waals surface area (Å²) in [5.74, 6) is 0. The molecule has 0 bridgehead atoms. The lowest BCUT2D eigenvalue weighted by molar-refractivity contribution is 1.16. The van der Waals surface area contributed by atoms with Gasteiger partial charge in [0.05, 0.1) is 39.5 Å². The normalized spacial score (nSPS) is 12.2. The maximum atomic E-state index is 5.14. The molecule has 11 rings (SSSR count). The fourth-order valence-corrected chi connectivity index (χ4v) is 8.12. The summed E-state index contributed by atoms with van der Waals surface area (Å²) in [7, 11) is 0. The monoisotopic (exact) mass is 609 g/mol. The van der Waals surface area contributed by atoms with Crippen molar-refractivity contribution in [1.29, 1.82) is 0 Å². The van der Waals surface area contributed by atoms with Gasteiger partial charge in [0.15, 0.2) is 0 Å². The van der Waals surface area contributed by atoms with E-state index < -0.39 is 0 Å². The Morgan fingerprint density at radius 1 is 0.333 bits per heavy atom.